The number of cyclic esters (lactones) is 2. The molecule has 36 nitrogen and oxygen atoms in total. The van der Waals surface area contributed by atoms with E-state index < -0.39 is 166 Å². The number of fused-ring (bicyclic) bond motifs is 4. The number of aryl methyl sites for hydroxylation is 1. The number of carbonyl (C=O) groups excluding carboxylic acids is 8. The van der Waals surface area contributed by atoms with Crippen molar-refractivity contribution in [2.24, 2.45) is 40.6 Å². The van der Waals surface area contributed by atoms with Gasteiger partial charge in [-0.15, -0.1) is 21.7 Å². The number of rotatable bonds is 23. The number of unbranched alkanes of at least 4 members (excludes halogenated alkanes) is 2. The van der Waals surface area contributed by atoms with Gasteiger partial charge >= 0.3 is 24.1 Å². The van der Waals surface area contributed by atoms with Crippen molar-refractivity contribution in [1.29, 1.82) is 0 Å². The fourth-order valence-electron chi connectivity index (χ4n) is 19.3. The highest BCUT2D eigenvalue weighted by Crippen LogP contribution is 2.47. The number of ketones is 4. The number of hydrogen-bond donors (Lipinski definition) is 2. The Morgan fingerprint density at radius 3 is 1.40 bits per heavy atom. The van der Waals surface area contributed by atoms with Gasteiger partial charge in [-0.1, -0.05) is 106 Å². The standard InChI is InChI=1S/C44H65FN8O10.C35H58FN5O10.C9H7N3/c1-12-33-44(8)36(52(41(58)63-44)20-16-15-19-51-23-29(46-48-51)24-53-31-18-14-13-17-30(31)47-49-53)27(4)34(54)25(2)22-42(6,59-11)38(28(5)37(56)43(7,45)40(57)61-33)62-39-35(55)32(50(9)10)21-26(3)60-39;1-12-24-35(8)27(41(32(46)51-35)16-14-13-15-38-39-37)21(4)25(42)19(2)18-33(6,47-11)29(22(5)28(44)34(7,36)31(45)49-24)50-30-26(43)23(40(9)10)17-20(3)48-30;1-2-7-12-9-6-4-3-5-8(9)10-11-12/h13-14,17-18,23,25-28,32-33,35-36,38-39,55H,12,15-16,19-22,24H2,1-11H3;19-24,26-27,29-30,43H,12-18H2,1-11H3;1,3-6H,7H2/t25-,26?,27+,28+,32?,33-,35?,36-,38-,39?,42+,43+,44-;19-,20?,21+,22+,23?,24-,26?,27-,29-,30?,33+,34+,35-;/m11./s1. The summed E-state index contributed by atoms with van der Waals surface area (Å²) in [5.74, 6) is -9.22. The number of terminal acetylenes is 1. The number of carbonyl (C=O) groups is 8. The number of esters is 2. The molecule has 38 heteroatoms. The zero-order chi connectivity index (χ0) is 93.2. The molecule has 11 rings (SSSR count). The lowest BCUT2D eigenvalue weighted by molar-refractivity contribution is -0.295. The first-order valence-electron chi connectivity index (χ1n) is 43.6. The van der Waals surface area contributed by atoms with E-state index in [0.717, 1.165) is 35.9 Å². The van der Waals surface area contributed by atoms with E-state index in [0.29, 0.717) is 63.9 Å². The molecule has 26 atom stereocenters. The Morgan fingerprint density at radius 2 is 0.992 bits per heavy atom. The first-order valence-corrected chi connectivity index (χ1v) is 43.6. The zero-order valence-electron chi connectivity index (χ0n) is 76.8. The Bertz CT molecular complexity index is 4710. The highest BCUT2D eigenvalue weighted by atomic mass is 19.1. The minimum atomic E-state index is -3.19. The van der Waals surface area contributed by atoms with Gasteiger partial charge in [0.2, 0.25) is 0 Å². The van der Waals surface area contributed by atoms with Crippen LogP contribution in [0.3, 0.4) is 0 Å². The van der Waals surface area contributed by atoms with Crippen molar-refractivity contribution in [1.82, 2.24) is 64.6 Å². The normalized spacial score (nSPS) is 35.7. The summed E-state index contributed by atoms with van der Waals surface area (Å²) in [6.45, 7) is 26.7. The zero-order valence-corrected chi connectivity index (χ0v) is 76.8. The molecule has 696 valence electrons. The number of azide groups is 1. The topological polar surface area (TPSA) is 423 Å². The molecule has 5 aromatic rings. The van der Waals surface area contributed by atoms with Crippen molar-refractivity contribution in [3.8, 4) is 12.3 Å². The van der Waals surface area contributed by atoms with Crippen LogP contribution in [0, 0.1) is 47.9 Å². The van der Waals surface area contributed by atoms with Crippen molar-refractivity contribution in [2.45, 2.75) is 314 Å². The second kappa shape index (κ2) is 42.0. The van der Waals surface area contributed by atoms with Crippen LogP contribution in [0.15, 0.2) is 59.8 Å². The Hall–Kier alpha value is -9.13. The first kappa shape index (κ1) is 101. The molecule has 0 saturated carbocycles. The lowest BCUT2D eigenvalue weighted by atomic mass is 9.73. The van der Waals surface area contributed by atoms with E-state index in [1.54, 1.807) is 83.3 Å². The molecule has 2 aromatic carbocycles. The number of aliphatic hydroxyl groups excluding tert-OH is 2. The second-order valence-corrected chi connectivity index (χ2v) is 36.2. The van der Waals surface area contributed by atoms with Crippen molar-refractivity contribution in [3.05, 3.63) is 70.9 Å². The molecule has 0 bridgehead atoms. The Kier molecular flexibility index (Phi) is 33.5. The van der Waals surface area contributed by atoms with Gasteiger partial charge in [0, 0.05) is 92.9 Å². The highest BCUT2D eigenvalue weighted by Gasteiger charge is 2.65. The molecule has 6 fully saturated rings. The molecule has 0 aliphatic carbocycles. The molecule has 6 saturated heterocycles. The van der Waals surface area contributed by atoms with Crippen LogP contribution in [0.1, 0.15) is 181 Å². The van der Waals surface area contributed by atoms with Gasteiger partial charge in [0.1, 0.15) is 59.3 Å². The van der Waals surface area contributed by atoms with Crippen LogP contribution in [0.5, 0.6) is 0 Å². The van der Waals surface area contributed by atoms with Crippen LogP contribution in [-0.2, 0) is 95.8 Å². The van der Waals surface area contributed by atoms with Crippen LogP contribution < -0.4 is 0 Å². The number of aromatic nitrogens is 9. The average molecular weight is 1770 g/mol. The number of alkyl halides is 2. The van der Waals surface area contributed by atoms with Crippen molar-refractivity contribution < 1.29 is 105 Å². The number of halogens is 2. The van der Waals surface area contributed by atoms with Crippen molar-refractivity contribution in [2.75, 3.05) is 62.0 Å². The third kappa shape index (κ3) is 21.6. The summed E-state index contributed by atoms with van der Waals surface area (Å²) in [6, 6.07) is 12.7. The summed E-state index contributed by atoms with van der Waals surface area (Å²) in [7, 11) is 10.0. The number of aliphatic hydroxyl groups is 2. The summed E-state index contributed by atoms with van der Waals surface area (Å²) in [4.78, 5) is 122. The van der Waals surface area contributed by atoms with Gasteiger partial charge in [-0.25, -0.2) is 37.3 Å². The molecule has 3 aromatic heterocycles. The molecule has 2 amide bonds. The molecular formula is C88H130F2N16O20. The maximum Gasteiger partial charge on any atom is 0.410 e. The summed E-state index contributed by atoms with van der Waals surface area (Å²) < 4.78 is 99.6. The van der Waals surface area contributed by atoms with Crippen LogP contribution in [0.4, 0.5) is 18.4 Å². The predicted octanol–water partition coefficient (Wildman–Crippen LogP) is 9.58. The molecule has 126 heavy (non-hydrogen) atoms. The number of amides is 2. The summed E-state index contributed by atoms with van der Waals surface area (Å²) >= 11 is 0. The number of nitrogens with zero attached hydrogens (tertiary/aromatic N) is 16. The van der Waals surface area contributed by atoms with Crippen molar-refractivity contribution in [3.63, 3.8) is 0 Å². The summed E-state index contributed by atoms with van der Waals surface area (Å²) in [5.41, 5.74) is 0.366. The van der Waals surface area contributed by atoms with Gasteiger partial charge in [-0.3, -0.25) is 23.9 Å². The number of methoxy groups -OCH3 is 2. The lowest BCUT2D eigenvalue weighted by Crippen LogP contribution is -2.61. The largest absolute Gasteiger partial charge is 0.455 e. The molecular weight excluding hydrogens is 1640 g/mol. The number of hydrogen-bond acceptors (Lipinski definition) is 29. The Balaban J connectivity index is 0.000000255. The van der Waals surface area contributed by atoms with Gasteiger partial charge in [-0.2, -0.15) is 0 Å². The number of para-hydroxylation sites is 2. The SMILES string of the molecule is C#CCn1nnc2ccccc21.CC[C@H]1OC(=O)[C@@](C)(F)C(=O)[C@H](C)[C@@H](OC2OC(C)CC(N(C)C)C2O)[C@@](C)(OC)C[C@@H](C)C(=O)[C@H](C)[C@H]2N(CCCCN=[N+]=[N-])C(=O)O[C@]12C.CC[C@H]1OC(=O)[C@@](C)(F)C(=O)[C@H](C)[C@@H](OC2OC(C)CC(N(C)C)C2O)[C@@](C)(OC)C[C@@H](C)C(=O)[C@H](C)[C@H]2N(CCCCn3cc(Cn4nnc5ccccc54)nn3)C(=O)O[C@]12C. The van der Waals surface area contributed by atoms with Gasteiger partial charge < -0.3 is 77.2 Å². The van der Waals surface area contributed by atoms with Crippen LogP contribution in [0.2, 0.25) is 0 Å². The lowest BCUT2D eigenvalue weighted by Gasteiger charge is -2.47. The minimum absolute atomic E-state index is 0.0135. The monoisotopic (exact) mass is 1770 g/mol. The summed E-state index contributed by atoms with van der Waals surface area (Å²) in [6.07, 6.45) is -2.00. The minimum Gasteiger partial charge on any atom is -0.455 e. The second-order valence-electron chi connectivity index (χ2n) is 36.2. The van der Waals surface area contributed by atoms with Crippen LogP contribution >= 0.6 is 0 Å². The molecule has 9 heterocycles. The van der Waals surface area contributed by atoms with E-state index >= 15 is 8.78 Å². The van der Waals surface area contributed by atoms with E-state index in [2.05, 4.69) is 46.9 Å². The Morgan fingerprint density at radius 1 is 0.587 bits per heavy atom. The quantitative estimate of drug-likeness (QED) is 0.00897. The fraction of sp³-hybridized carbons (Fsp3) is 0.727. The highest BCUT2D eigenvalue weighted by molar-refractivity contribution is 6.08. The van der Waals surface area contributed by atoms with Gasteiger partial charge in [0.05, 0.1) is 71.5 Å². The van der Waals surface area contributed by atoms with E-state index in [1.807, 2.05) is 107 Å². The van der Waals surface area contributed by atoms with E-state index in [9.17, 15) is 48.6 Å². The number of benzene rings is 2. The molecule has 6 aliphatic heterocycles. The Labute approximate surface area is 735 Å². The number of likely N-dealkylation sites (N-methyl/N-ethyl adjacent to an activating group) is 2. The van der Waals surface area contributed by atoms with E-state index in [1.165, 1.54) is 37.9 Å². The van der Waals surface area contributed by atoms with Gasteiger partial charge in [0.15, 0.2) is 35.3 Å². The molecule has 8 unspecified atom stereocenters. The van der Waals surface area contributed by atoms with Crippen molar-refractivity contribution >= 4 is 69.3 Å². The average Bonchev–Trinajstić information content (AvgIpc) is 1.57. The predicted molar refractivity (Wildman–Crippen MR) is 455 cm³/mol. The summed E-state index contributed by atoms with van der Waals surface area (Å²) in [5, 5.41) is 51.2. The third-order valence-electron chi connectivity index (χ3n) is 26.4. The number of Topliss-reactive ketones (excluding diaryl/α,β-unsaturated/α-hetero) is 4. The van der Waals surface area contributed by atoms with Gasteiger partial charge in [0.25, 0.3) is 11.3 Å². The molecule has 2 N–H and O–H groups in total. The molecule has 0 radical (unpaired) electrons. The molecule has 0 spiro atoms. The van der Waals surface area contributed by atoms with E-state index in [-0.39, 0.29) is 81.2 Å². The maximum absolute atomic E-state index is 16.9. The van der Waals surface area contributed by atoms with Crippen LogP contribution in [-0.4, -0.2) is 303 Å². The first-order chi connectivity index (χ1) is 59.3. The van der Waals surface area contributed by atoms with E-state index in [4.69, 9.17) is 59.3 Å². The van der Waals surface area contributed by atoms with Crippen LogP contribution in [0.25, 0.3) is 32.5 Å². The third-order valence-corrected chi connectivity index (χ3v) is 26.4. The maximum atomic E-state index is 16.9. The number of ether oxygens (including phenoxy) is 10. The van der Waals surface area contributed by atoms with Gasteiger partial charge in [-0.05, 0) is 178 Å². The smallest absolute Gasteiger partial charge is 0.410 e. The fourth-order valence-corrected chi connectivity index (χ4v) is 19.3. The molecule has 6 aliphatic rings.